The van der Waals surface area contributed by atoms with Crippen LogP contribution in [0.5, 0.6) is 5.75 Å². The number of phenols is 1. The lowest BCUT2D eigenvalue weighted by Gasteiger charge is -2.21. The number of allylic oxidation sites excluding steroid dienone is 8. The number of fused-ring (bicyclic) bond motifs is 7. The maximum absolute atomic E-state index is 11.4. The van der Waals surface area contributed by atoms with Gasteiger partial charge in [0.1, 0.15) is 37.1 Å². The summed E-state index contributed by atoms with van der Waals surface area (Å²) in [6.45, 7) is 0. The molecule has 6 nitrogen and oxygen atoms in total. The number of hydrogen-bond donors (Lipinski definition) is 1. The summed E-state index contributed by atoms with van der Waals surface area (Å²) in [6.07, 6.45) is 14.9. The summed E-state index contributed by atoms with van der Waals surface area (Å²) < 4.78 is 4.61. The van der Waals surface area contributed by atoms with Crippen molar-refractivity contribution < 1.29 is 5.11 Å². The van der Waals surface area contributed by atoms with Crippen molar-refractivity contribution in [2.45, 2.75) is 25.7 Å². The van der Waals surface area contributed by atoms with Crippen LogP contribution in [0.3, 0.4) is 0 Å². The van der Waals surface area contributed by atoms with E-state index in [1.165, 1.54) is 11.1 Å². The summed E-state index contributed by atoms with van der Waals surface area (Å²) >= 11 is 0. The molecule has 0 aliphatic heterocycles. The smallest absolute Gasteiger partial charge is 0.238 e. The molecule has 0 spiro atoms. The molecule has 0 bridgehead atoms. The maximum Gasteiger partial charge on any atom is 0.238 e. The minimum Gasteiger partial charge on any atom is -0.509 e. The van der Waals surface area contributed by atoms with Gasteiger partial charge in [0.05, 0.1) is 22.1 Å². The number of phenolic OH excluding ortho intramolecular Hbond substituents is 1. The molecule has 0 atom stereocenters. The third-order valence-electron chi connectivity index (χ3n) is 11.8. The Balaban J connectivity index is 1.31. The summed E-state index contributed by atoms with van der Waals surface area (Å²) in [5.41, 5.74) is 13.8. The van der Waals surface area contributed by atoms with Gasteiger partial charge in [-0.05, 0) is 72.1 Å². The van der Waals surface area contributed by atoms with Gasteiger partial charge < -0.3 is 9.67 Å². The monoisotopic (exact) mass is 707 g/mol. The van der Waals surface area contributed by atoms with Crippen LogP contribution in [0.4, 0.5) is 0 Å². The fraction of sp³-hybridized carbons (Fsp3) is 0.0889. The van der Waals surface area contributed by atoms with Crippen molar-refractivity contribution in [2.24, 2.45) is 0 Å². The summed E-state index contributed by atoms with van der Waals surface area (Å²) in [5, 5.41) is 15.9. The second-order valence-electron chi connectivity index (χ2n) is 14.9. The molecule has 3 heterocycles. The highest BCUT2D eigenvalue weighted by Gasteiger charge is 2.25. The van der Waals surface area contributed by atoms with Crippen molar-refractivity contribution in [1.82, 2.24) is 24.1 Å². The highest BCUT2D eigenvalue weighted by molar-refractivity contribution is 6.61. The molecule has 0 amide bonds. The van der Waals surface area contributed by atoms with Crippen molar-refractivity contribution in [3.05, 3.63) is 139 Å². The molecular weight excluding hydrogens is 670 g/mol. The number of benzene rings is 5. The second-order valence-corrected chi connectivity index (χ2v) is 14.9. The van der Waals surface area contributed by atoms with Crippen molar-refractivity contribution in [3.8, 4) is 17.4 Å². The van der Waals surface area contributed by atoms with Gasteiger partial charge in [-0.1, -0.05) is 113 Å². The first kappa shape index (κ1) is 33.3. The Hall–Kier alpha value is -6.27. The zero-order valence-corrected chi connectivity index (χ0v) is 31.6. The van der Waals surface area contributed by atoms with Crippen LogP contribution < -0.4 is 21.9 Å². The number of aromatic nitrogens is 5. The van der Waals surface area contributed by atoms with Crippen LogP contribution in [0.1, 0.15) is 42.9 Å². The predicted molar refractivity (Wildman–Crippen MR) is 241 cm³/mol. The van der Waals surface area contributed by atoms with Gasteiger partial charge >= 0.3 is 0 Å². The van der Waals surface area contributed by atoms with E-state index in [1.807, 2.05) is 15.7 Å². The van der Waals surface area contributed by atoms with E-state index in [9.17, 15) is 5.11 Å². The summed E-state index contributed by atoms with van der Waals surface area (Å²) in [6, 6.07) is 32.2. The molecule has 1 N–H and O–H groups in total. The Morgan fingerprint density at radius 1 is 0.564 bits per heavy atom. The van der Waals surface area contributed by atoms with Crippen LogP contribution >= 0.6 is 0 Å². The van der Waals surface area contributed by atoms with E-state index in [-0.39, 0.29) is 0 Å². The first-order valence-corrected chi connectivity index (χ1v) is 19.2. The van der Waals surface area contributed by atoms with Gasteiger partial charge in [0.2, 0.25) is 5.95 Å². The molecule has 260 valence electrons. The molecule has 55 heavy (non-hydrogen) atoms. The quantitative estimate of drug-likeness (QED) is 0.277. The van der Waals surface area contributed by atoms with Gasteiger partial charge in [-0.15, -0.1) is 0 Å². The predicted octanol–water partition coefficient (Wildman–Crippen LogP) is 3.80. The minimum absolute atomic E-state index is 0.345. The van der Waals surface area contributed by atoms with E-state index in [0.29, 0.717) is 23.3 Å². The Morgan fingerprint density at radius 2 is 1.27 bits per heavy atom. The zero-order chi connectivity index (χ0) is 37.4. The topological polar surface area (TPSA) is 68.8 Å². The molecule has 0 saturated heterocycles. The Morgan fingerprint density at radius 3 is 2.05 bits per heavy atom. The average Bonchev–Trinajstić information content (AvgIpc) is 3.76. The number of para-hydroxylation sites is 2. The lowest BCUT2D eigenvalue weighted by molar-refractivity contribution is 0.484. The molecule has 10 heteroatoms. The fourth-order valence-electron chi connectivity index (χ4n) is 8.83. The lowest BCUT2D eigenvalue weighted by atomic mass is 9.67. The van der Waals surface area contributed by atoms with E-state index < -0.39 is 0 Å². The van der Waals surface area contributed by atoms with Crippen LogP contribution in [0.2, 0.25) is 0 Å². The maximum atomic E-state index is 11.4. The van der Waals surface area contributed by atoms with E-state index in [4.69, 9.17) is 15.0 Å². The standard InChI is InChI=1S/C45H37B4N5O/c46-36-37(47)41(39(49)42(55)38(36)48)53-33-21-10-8-19-31(33)35-34(53)23-22-30-29-18-7-9-20-32(29)54(40(30)35)45-51-43(26-14-5-2-6-15-26)50-44(52-45)28-17-11-16-27(24-28)25-12-3-1-4-13-25/h1,3-5,7-10,12-16,18-24,55H,2,6,11,17,46-49H2. The first-order chi connectivity index (χ1) is 26.9. The molecular formula is C45H37B4N5O. The molecule has 0 fully saturated rings. The molecule has 0 unspecified atom stereocenters. The van der Waals surface area contributed by atoms with Crippen molar-refractivity contribution in [1.29, 1.82) is 0 Å². The highest BCUT2D eigenvalue weighted by Crippen LogP contribution is 2.42. The summed E-state index contributed by atoms with van der Waals surface area (Å²) in [4.78, 5) is 15.9. The van der Waals surface area contributed by atoms with E-state index in [1.54, 1.807) is 0 Å². The van der Waals surface area contributed by atoms with Crippen LogP contribution in [0.25, 0.3) is 72.0 Å². The number of hydrogen-bond acceptors (Lipinski definition) is 4. The summed E-state index contributed by atoms with van der Waals surface area (Å²) in [7, 11) is 8.30. The molecule has 3 aromatic heterocycles. The number of aromatic hydroxyl groups is 1. The molecule has 2 aliphatic carbocycles. The SMILES string of the molecule is Bc1c(B)c(O)c(B)c(-n2c3ccccc3c3c2ccc2c4ccccc4n(-c4nc(C5=CCCC=C5)nc(C5=CC(c6ccccc6)=CCC5)n4)c23)c1B. The highest BCUT2D eigenvalue weighted by atomic mass is 16.3. The van der Waals surface area contributed by atoms with E-state index >= 15 is 0 Å². The Kier molecular flexibility index (Phi) is 7.84. The molecule has 0 radical (unpaired) electrons. The Labute approximate surface area is 323 Å². The third-order valence-corrected chi connectivity index (χ3v) is 11.8. The van der Waals surface area contributed by atoms with E-state index in [2.05, 4.69) is 146 Å². The zero-order valence-electron chi connectivity index (χ0n) is 31.6. The van der Waals surface area contributed by atoms with Gasteiger partial charge in [-0.25, -0.2) is 4.98 Å². The largest absolute Gasteiger partial charge is 0.509 e. The molecule has 8 aromatic rings. The van der Waals surface area contributed by atoms with Crippen LogP contribution in [0, 0.1) is 0 Å². The lowest BCUT2D eigenvalue weighted by Crippen LogP contribution is -2.45. The first-order valence-electron chi connectivity index (χ1n) is 19.2. The second kappa shape index (κ2) is 12.9. The van der Waals surface area contributed by atoms with Gasteiger partial charge in [0, 0.05) is 32.8 Å². The number of rotatable bonds is 5. The molecule has 10 rings (SSSR count). The number of nitrogens with zero attached hydrogens (tertiary/aromatic N) is 5. The van der Waals surface area contributed by atoms with E-state index in [0.717, 1.165) is 108 Å². The van der Waals surface area contributed by atoms with Crippen molar-refractivity contribution in [3.63, 3.8) is 0 Å². The minimum atomic E-state index is 0.345. The van der Waals surface area contributed by atoms with Crippen LogP contribution in [-0.2, 0) is 0 Å². The van der Waals surface area contributed by atoms with Gasteiger partial charge in [0.15, 0.2) is 11.6 Å². The van der Waals surface area contributed by atoms with Crippen molar-refractivity contribution in [2.75, 3.05) is 0 Å². The third kappa shape index (κ3) is 5.19. The van der Waals surface area contributed by atoms with Crippen LogP contribution in [0.15, 0.2) is 121 Å². The van der Waals surface area contributed by atoms with Crippen LogP contribution in [-0.4, -0.2) is 60.6 Å². The Bertz CT molecular complexity index is 3020. The van der Waals surface area contributed by atoms with Gasteiger partial charge in [-0.2, -0.15) is 9.97 Å². The fourth-order valence-corrected chi connectivity index (χ4v) is 8.83. The normalized spacial score (nSPS) is 14.5. The van der Waals surface area contributed by atoms with Crippen molar-refractivity contribution >= 4 is 114 Å². The molecule has 2 aliphatic rings. The van der Waals surface area contributed by atoms with Gasteiger partial charge in [0.25, 0.3) is 0 Å². The summed E-state index contributed by atoms with van der Waals surface area (Å²) in [5.74, 6) is 2.34. The average molecular weight is 707 g/mol. The van der Waals surface area contributed by atoms with Gasteiger partial charge in [-0.3, -0.25) is 4.57 Å². The molecule has 0 saturated carbocycles. The molecule has 5 aromatic carbocycles.